The number of carbonyl (C=O) groups excluding carboxylic acids is 2. The van der Waals surface area contributed by atoms with Crippen LogP contribution in [0.5, 0.6) is 17.2 Å². The summed E-state index contributed by atoms with van der Waals surface area (Å²) in [4.78, 5) is 32.1. The third-order valence-corrected chi connectivity index (χ3v) is 6.98. The molecule has 184 valence electrons. The van der Waals surface area contributed by atoms with Gasteiger partial charge >= 0.3 is 0 Å². The summed E-state index contributed by atoms with van der Waals surface area (Å²) in [6.07, 6.45) is 3.93. The lowest BCUT2D eigenvalue weighted by atomic mass is 9.94. The van der Waals surface area contributed by atoms with Crippen molar-refractivity contribution < 1.29 is 29.3 Å². The molecule has 2 aliphatic heterocycles. The lowest BCUT2D eigenvalue weighted by molar-refractivity contribution is -0.140. The zero-order valence-corrected chi connectivity index (χ0v) is 21.2. The van der Waals surface area contributed by atoms with Crippen molar-refractivity contribution >= 4 is 33.4 Å². The summed E-state index contributed by atoms with van der Waals surface area (Å²) in [6.45, 7) is 2.05. The van der Waals surface area contributed by atoms with Crippen molar-refractivity contribution in [1.82, 2.24) is 9.88 Å². The number of hydrogen-bond donors (Lipinski definition) is 2. The number of phenols is 1. The average Bonchev–Trinajstić information content (AvgIpc) is 3.37. The Hall–Kier alpha value is -3.85. The van der Waals surface area contributed by atoms with Crippen molar-refractivity contribution in [1.29, 1.82) is 0 Å². The Morgan fingerprint density at radius 3 is 2.78 bits per heavy atom. The molecule has 3 aromatic rings. The van der Waals surface area contributed by atoms with E-state index in [1.807, 2.05) is 6.92 Å². The van der Waals surface area contributed by atoms with E-state index in [9.17, 15) is 19.8 Å². The molecule has 1 amide bonds. The summed E-state index contributed by atoms with van der Waals surface area (Å²) in [5, 5.41) is 21.7. The van der Waals surface area contributed by atoms with Gasteiger partial charge in [-0.3, -0.25) is 14.6 Å². The van der Waals surface area contributed by atoms with Gasteiger partial charge in [-0.05, 0) is 75.9 Å². The number of benzene rings is 2. The van der Waals surface area contributed by atoms with Crippen LogP contribution in [0.3, 0.4) is 0 Å². The van der Waals surface area contributed by atoms with Crippen LogP contribution in [0.2, 0.25) is 0 Å². The molecule has 2 aliphatic rings. The van der Waals surface area contributed by atoms with E-state index >= 15 is 0 Å². The Balaban J connectivity index is 1.68. The summed E-state index contributed by atoms with van der Waals surface area (Å²) in [6, 6.07) is 11.0. The fourth-order valence-electron chi connectivity index (χ4n) is 4.71. The molecule has 0 aliphatic carbocycles. The fraction of sp³-hybridized carbons (Fsp3) is 0.222. The van der Waals surface area contributed by atoms with Crippen LogP contribution in [0.1, 0.15) is 35.2 Å². The van der Waals surface area contributed by atoms with E-state index in [0.717, 1.165) is 16.9 Å². The molecule has 0 bridgehead atoms. The number of Topliss-reactive ketones (excluding diaryl/α,β-unsaturated/α-hetero) is 1. The van der Waals surface area contributed by atoms with Crippen LogP contribution in [-0.4, -0.2) is 45.0 Å². The molecule has 1 fully saturated rings. The number of aromatic nitrogens is 1. The van der Waals surface area contributed by atoms with Gasteiger partial charge in [0.05, 0.1) is 23.2 Å². The van der Waals surface area contributed by atoms with Crippen LogP contribution in [0, 0.1) is 0 Å². The second-order valence-corrected chi connectivity index (χ2v) is 9.65. The molecule has 0 spiro atoms. The van der Waals surface area contributed by atoms with Crippen LogP contribution < -0.4 is 9.47 Å². The predicted molar refractivity (Wildman–Crippen MR) is 135 cm³/mol. The van der Waals surface area contributed by atoms with Gasteiger partial charge in [0.15, 0.2) is 11.5 Å². The zero-order valence-electron chi connectivity index (χ0n) is 19.6. The molecule has 0 radical (unpaired) electrons. The van der Waals surface area contributed by atoms with Gasteiger partial charge < -0.3 is 24.6 Å². The van der Waals surface area contributed by atoms with Crippen LogP contribution in [0.4, 0.5) is 0 Å². The quantitative estimate of drug-likeness (QED) is 0.273. The number of hydrogen-bond acceptors (Lipinski definition) is 7. The molecule has 9 heteroatoms. The topological polar surface area (TPSA) is 109 Å². The number of carbonyl (C=O) groups is 2. The number of likely N-dealkylation sites (tertiary alicyclic amines) is 1. The maximum atomic E-state index is 13.4. The van der Waals surface area contributed by atoms with Crippen molar-refractivity contribution in [3.05, 3.63) is 87.2 Å². The van der Waals surface area contributed by atoms with Gasteiger partial charge in [-0.1, -0.05) is 6.07 Å². The van der Waals surface area contributed by atoms with Crippen LogP contribution in [0.25, 0.3) is 5.76 Å². The summed E-state index contributed by atoms with van der Waals surface area (Å²) < 4.78 is 11.4. The number of nitrogens with zero attached hydrogens (tertiary/aromatic N) is 2. The van der Waals surface area contributed by atoms with E-state index in [2.05, 4.69) is 20.9 Å². The first-order chi connectivity index (χ1) is 17.3. The van der Waals surface area contributed by atoms with E-state index in [0.29, 0.717) is 22.0 Å². The van der Waals surface area contributed by atoms with Crippen molar-refractivity contribution in [2.24, 2.45) is 0 Å². The minimum Gasteiger partial charge on any atom is -0.507 e. The highest BCUT2D eigenvalue weighted by molar-refractivity contribution is 9.10. The lowest BCUT2D eigenvalue weighted by Gasteiger charge is -2.26. The number of ether oxygens (including phenoxy) is 2. The molecule has 1 aromatic heterocycles. The van der Waals surface area contributed by atoms with Crippen molar-refractivity contribution in [2.45, 2.75) is 32.0 Å². The Labute approximate surface area is 215 Å². The molecule has 2 aromatic carbocycles. The van der Waals surface area contributed by atoms with Crippen molar-refractivity contribution in [2.75, 3.05) is 7.11 Å². The standard InChI is InChI=1S/C27H23BrN2O6/c1-14-8-17-9-16(5-6-20(17)36-14)24(31)22-23(18-10-19(28)25(32)21(11-18)35-2)30(27(34)26(22)33)13-15-4-3-7-29-12-15/h3-7,9-12,14,23,31-32H,8,13H2,1-2H3/t14-,23+/m0/s1. The molecular formula is C27H23BrN2O6. The first-order valence-electron chi connectivity index (χ1n) is 11.3. The largest absolute Gasteiger partial charge is 0.507 e. The van der Waals surface area contributed by atoms with Crippen LogP contribution in [-0.2, 0) is 22.6 Å². The smallest absolute Gasteiger partial charge is 0.295 e. The molecule has 0 saturated carbocycles. The third kappa shape index (κ3) is 4.09. The average molecular weight is 551 g/mol. The second kappa shape index (κ2) is 9.31. The number of ketones is 1. The van der Waals surface area contributed by atoms with Crippen LogP contribution >= 0.6 is 15.9 Å². The first-order valence-corrected chi connectivity index (χ1v) is 12.1. The highest BCUT2D eigenvalue weighted by Crippen LogP contribution is 2.45. The number of halogens is 1. The van der Waals surface area contributed by atoms with Gasteiger partial charge in [0.1, 0.15) is 17.6 Å². The number of amides is 1. The number of rotatable bonds is 5. The molecule has 5 rings (SSSR count). The number of pyridine rings is 1. The van der Waals surface area contributed by atoms with Gasteiger partial charge in [0.2, 0.25) is 0 Å². The van der Waals surface area contributed by atoms with Gasteiger partial charge in [-0.2, -0.15) is 0 Å². The highest BCUT2D eigenvalue weighted by Gasteiger charge is 2.46. The minimum atomic E-state index is -0.931. The summed E-state index contributed by atoms with van der Waals surface area (Å²) in [5.74, 6) is -1.04. The number of aliphatic hydroxyl groups excluding tert-OH is 1. The number of aliphatic hydroxyl groups is 1. The zero-order chi connectivity index (χ0) is 25.6. The highest BCUT2D eigenvalue weighted by atomic mass is 79.9. The molecule has 36 heavy (non-hydrogen) atoms. The predicted octanol–water partition coefficient (Wildman–Crippen LogP) is 4.50. The normalized spacial score (nSPS) is 20.4. The Morgan fingerprint density at radius 1 is 1.25 bits per heavy atom. The molecule has 0 unspecified atom stereocenters. The van der Waals surface area contributed by atoms with Gasteiger partial charge in [0, 0.05) is 30.9 Å². The van der Waals surface area contributed by atoms with Crippen LogP contribution in [0.15, 0.2) is 64.9 Å². The minimum absolute atomic E-state index is 0.0178. The third-order valence-electron chi connectivity index (χ3n) is 6.37. The van der Waals surface area contributed by atoms with E-state index < -0.39 is 17.7 Å². The molecule has 3 heterocycles. The Kier molecular flexibility index (Phi) is 6.17. The molecule has 1 saturated heterocycles. The van der Waals surface area contributed by atoms with Gasteiger partial charge in [-0.15, -0.1) is 0 Å². The van der Waals surface area contributed by atoms with E-state index in [1.165, 1.54) is 12.0 Å². The molecule has 2 N–H and O–H groups in total. The Morgan fingerprint density at radius 2 is 2.06 bits per heavy atom. The van der Waals surface area contributed by atoms with Gasteiger partial charge in [-0.25, -0.2) is 0 Å². The maximum absolute atomic E-state index is 13.4. The van der Waals surface area contributed by atoms with E-state index in [4.69, 9.17) is 9.47 Å². The number of aromatic hydroxyl groups is 1. The summed E-state index contributed by atoms with van der Waals surface area (Å²) in [5.41, 5.74) is 2.50. The van der Waals surface area contributed by atoms with Crippen molar-refractivity contribution in [3.8, 4) is 17.2 Å². The SMILES string of the molecule is COc1cc([C@@H]2C(=C(O)c3ccc4c(c3)C[C@H](C)O4)C(=O)C(=O)N2Cc2cccnc2)cc(Br)c1O. The van der Waals surface area contributed by atoms with Crippen molar-refractivity contribution in [3.63, 3.8) is 0 Å². The molecular weight excluding hydrogens is 528 g/mol. The van der Waals surface area contributed by atoms with E-state index in [-0.39, 0.29) is 35.5 Å². The number of phenolic OH excluding ortho intramolecular Hbond substituents is 1. The molecule has 2 atom stereocenters. The maximum Gasteiger partial charge on any atom is 0.295 e. The van der Waals surface area contributed by atoms with Gasteiger partial charge in [0.25, 0.3) is 11.7 Å². The summed E-state index contributed by atoms with van der Waals surface area (Å²) >= 11 is 3.32. The Bertz CT molecular complexity index is 1400. The fourth-order valence-corrected chi connectivity index (χ4v) is 5.17. The number of fused-ring (bicyclic) bond motifs is 1. The second-order valence-electron chi connectivity index (χ2n) is 8.80. The number of methoxy groups -OCH3 is 1. The van der Waals surface area contributed by atoms with E-state index in [1.54, 1.807) is 54.9 Å². The monoisotopic (exact) mass is 550 g/mol. The summed E-state index contributed by atoms with van der Waals surface area (Å²) in [7, 11) is 1.41. The molecule has 8 nitrogen and oxygen atoms in total. The lowest BCUT2D eigenvalue weighted by Crippen LogP contribution is -2.29. The first kappa shape index (κ1) is 23.9.